The molecule has 0 saturated carbocycles. The lowest BCUT2D eigenvalue weighted by Gasteiger charge is -1.97. The van der Waals surface area contributed by atoms with Crippen LogP contribution in [-0.4, -0.2) is 12.3 Å². The Labute approximate surface area is 67.9 Å². The van der Waals surface area contributed by atoms with Crippen molar-refractivity contribution in [1.29, 1.82) is 0 Å². The van der Waals surface area contributed by atoms with E-state index in [1.54, 1.807) is 0 Å². The lowest BCUT2D eigenvalue weighted by atomic mass is 10.4. The molecule has 0 spiro atoms. The summed E-state index contributed by atoms with van der Waals surface area (Å²) in [5, 5.41) is 9.80. The van der Waals surface area contributed by atoms with Gasteiger partial charge in [-0.3, -0.25) is 4.79 Å². The third kappa shape index (κ3) is 4.16. The van der Waals surface area contributed by atoms with E-state index >= 15 is 0 Å². The van der Waals surface area contributed by atoms with Gasteiger partial charge in [0.1, 0.15) is 0 Å². The lowest BCUT2D eigenvalue weighted by molar-refractivity contribution is -0.299. The van der Waals surface area contributed by atoms with Gasteiger partial charge in [-0.25, -0.2) is 0 Å². The van der Waals surface area contributed by atoms with Gasteiger partial charge in [0.2, 0.25) is 0 Å². The lowest BCUT2D eigenvalue weighted by Crippen LogP contribution is -2.28. The number of hydrogen-bond acceptors (Lipinski definition) is 4. The molecule has 0 rings (SSSR count). The van der Waals surface area contributed by atoms with Gasteiger partial charge in [0.05, 0.1) is 16.7 Å². The average Bonchev–Trinajstić information content (AvgIpc) is 1.99. The second kappa shape index (κ2) is 4.51. The van der Waals surface area contributed by atoms with E-state index in [1.165, 1.54) is 0 Å². The molecule has 0 heterocycles. The molecule has 0 unspecified atom stereocenters. The molecule has 0 aromatic carbocycles. The predicted octanol–water partition coefficient (Wildman–Crippen LogP) is -1.10. The van der Waals surface area contributed by atoms with Crippen LogP contribution < -0.4 is 10.8 Å². The molecular formula is C6H5ClNO3-. The molecule has 2 N–H and O–H groups in total. The second-order valence-corrected chi connectivity index (χ2v) is 2.02. The van der Waals surface area contributed by atoms with Crippen molar-refractivity contribution in [2.24, 2.45) is 5.73 Å². The minimum atomic E-state index is -1.50. The van der Waals surface area contributed by atoms with Gasteiger partial charge in [-0.15, -0.1) is 0 Å². The number of carbonyl (C=O) groups excluding carboxylic acids is 2. The molecule has 60 valence electrons. The Kier molecular flexibility index (Phi) is 3.98. The van der Waals surface area contributed by atoms with Crippen molar-refractivity contribution in [2.75, 3.05) is 0 Å². The Morgan fingerprint density at radius 3 is 2.36 bits per heavy atom. The van der Waals surface area contributed by atoms with Crippen molar-refractivity contribution in [3.8, 4) is 0 Å². The molecule has 0 aliphatic heterocycles. The van der Waals surface area contributed by atoms with Crippen LogP contribution in [0, 0.1) is 0 Å². The highest BCUT2D eigenvalue weighted by atomic mass is 35.5. The molecular weight excluding hydrogens is 170 g/mol. The van der Waals surface area contributed by atoms with Crippen LogP contribution in [0.4, 0.5) is 0 Å². The summed E-state index contributed by atoms with van der Waals surface area (Å²) in [5.41, 5.74) is 4.42. The van der Waals surface area contributed by atoms with E-state index in [0.717, 1.165) is 12.2 Å². The highest BCUT2D eigenvalue weighted by molar-refractivity contribution is 6.38. The van der Waals surface area contributed by atoms with Crippen molar-refractivity contribution in [3.63, 3.8) is 0 Å². The third-order valence-corrected chi connectivity index (χ3v) is 0.985. The van der Waals surface area contributed by atoms with Crippen LogP contribution >= 0.6 is 11.6 Å². The van der Waals surface area contributed by atoms with Crippen molar-refractivity contribution < 1.29 is 14.7 Å². The molecule has 0 aliphatic rings. The van der Waals surface area contributed by atoms with E-state index < -0.39 is 11.7 Å². The maximum absolute atomic E-state index is 9.94. The summed E-state index contributed by atoms with van der Waals surface area (Å²) in [6.07, 6.45) is 2.41. The predicted molar refractivity (Wildman–Crippen MR) is 37.3 cm³/mol. The van der Waals surface area contributed by atoms with Gasteiger partial charge < -0.3 is 15.6 Å². The van der Waals surface area contributed by atoms with Crippen LogP contribution in [0.15, 0.2) is 22.9 Å². The number of aliphatic carboxylic acids is 1. The summed E-state index contributed by atoms with van der Waals surface area (Å²) in [6, 6.07) is 0. The number of rotatable bonds is 3. The summed E-state index contributed by atoms with van der Waals surface area (Å²) in [6.45, 7) is 0. The molecule has 0 amide bonds. The van der Waals surface area contributed by atoms with E-state index in [-0.39, 0.29) is 5.03 Å². The van der Waals surface area contributed by atoms with Crippen LogP contribution in [0.2, 0.25) is 0 Å². The third-order valence-electron chi connectivity index (χ3n) is 0.770. The fraction of sp³-hybridized carbons (Fsp3) is 0. The maximum Gasteiger partial charge on any atom is 0.161 e. The standard InChI is InChI=1S/C6H6ClNO3/c7-4(3-9)1-2-5(8)6(10)11/h1-3H,8H2,(H,10,11)/p-1/b4-1-,5-2-. The first kappa shape index (κ1) is 9.71. The molecule has 11 heavy (non-hydrogen) atoms. The zero-order chi connectivity index (χ0) is 8.85. The van der Waals surface area contributed by atoms with E-state index in [9.17, 15) is 14.7 Å². The monoisotopic (exact) mass is 174 g/mol. The minimum Gasteiger partial charge on any atom is -0.543 e. The normalized spacial score (nSPS) is 12.8. The first-order valence-corrected chi connectivity index (χ1v) is 2.95. The number of halogens is 1. The fourth-order valence-electron chi connectivity index (χ4n) is 0.277. The van der Waals surface area contributed by atoms with Gasteiger partial charge in [0.25, 0.3) is 0 Å². The minimum absolute atomic E-state index is 0.130. The maximum atomic E-state index is 9.94. The summed E-state index contributed by atoms with van der Waals surface area (Å²) >= 11 is 5.19. The molecule has 5 heteroatoms. The summed E-state index contributed by atoms with van der Waals surface area (Å²) in [5.74, 6) is -1.50. The Balaban J connectivity index is 4.34. The summed E-state index contributed by atoms with van der Waals surface area (Å²) in [7, 11) is 0. The van der Waals surface area contributed by atoms with Crippen molar-refractivity contribution in [3.05, 3.63) is 22.9 Å². The molecule has 0 fully saturated rings. The Hall–Kier alpha value is -1.29. The van der Waals surface area contributed by atoms with E-state index in [1.807, 2.05) is 0 Å². The van der Waals surface area contributed by atoms with E-state index in [2.05, 4.69) is 0 Å². The van der Waals surface area contributed by atoms with Crippen LogP contribution in [-0.2, 0) is 9.59 Å². The van der Waals surface area contributed by atoms with Crippen LogP contribution in [0.1, 0.15) is 0 Å². The highest BCUT2D eigenvalue weighted by Crippen LogP contribution is 1.96. The number of carbonyl (C=O) groups is 2. The van der Waals surface area contributed by atoms with Gasteiger partial charge in [0, 0.05) is 0 Å². The molecule has 0 aromatic rings. The first-order chi connectivity index (χ1) is 5.07. The van der Waals surface area contributed by atoms with Gasteiger partial charge in [-0.2, -0.15) is 0 Å². The largest absolute Gasteiger partial charge is 0.543 e. The molecule has 0 radical (unpaired) electrons. The van der Waals surface area contributed by atoms with Crippen LogP contribution in [0.5, 0.6) is 0 Å². The smallest absolute Gasteiger partial charge is 0.161 e. The zero-order valence-corrected chi connectivity index (χ0v) is 6.17. The molecule has 0 saturated heterocycles. The molecule has 0 atom stereocenters. The summed E-state index contributed by atoms with van der Waals surface area (Å²) in [4.78, 5) is 19.8. The quantitative estimate of drug-likeness (QED) is 0.335. The van der Waals surface area contributed by atoms with Gasteiger partial charge >= 0.3 is 0 Å². The van der Waals surface area contributed by atoms with E-state index in [4.69, 9.17) is 17.3 Å². The average molecular weight is 175 g/mol. The van der Waals surface area contributed by atoms with Crippen LogP contribution in [0.25, 0.3) is 0 Å². The molecule has 0 aromatic heterocycles. The number of allylic oxidation sites excluding steroid dienone is 3. The number of aldehydes is 1. The zero-order valence-electron chi connectivity index (χ0n) is 5.41. The van der Waals surface area contributed by atoms with Crippen LogP contribution in [0.3, 0.4) is 0 Å². The summed E-state index contributed by atoms with van der Waals surface area (Å²) < 4.78 is 0. The van der Waals surface area contributed by atoms with Crippen molar-refractivity contribution in [2.45, 2.75) is 0 Å². The number of carboxylic acid groups (broad SMARTS) is 1. The van der Waals surface area contributed by atoms with Crippen molar-refractivity contribution in [1.82, 2.24) is 0 Å². The van der Waals surface area contributed by atoms with Gasteiger partial charge in [-0.05, 0) is 12.2 Å². The molecule has 4 nitrogen and oxygen atoms in total. The SMILES string of the molecule is N/C(=C\C=C(/Cl)C=O)C(=O)[O-]. The molecule has 0 bridgehead atoms. The fourth-order valence-corrected chi connectivity index (χ4v) is 0.340. The Morgan fingerprint density at radius 1 is 1.45 bits per heavy atom. The second-order valence-electron chi connectivity index (χ2n) is 1.58. The topological polar surface area (TPSA) is 83.2 Å². The van der Waals surface area contributed by atoms with Gasteiger partial charge in [0.15, 0.2) is 6.29 Å². The van der Waals surface area contributed by atoms with E-state index in [0.29, 0.717) is 6.29 Å². The highest BCUT2D eigenvalue weighted by Gasteiger charge is 1.88. The number of nitrogens with two attached hydrogens (primary N) is 1. The molecule has 0 aliphatic carbocycles. The van der Waals surface area contributed by atoms with Crippen molar-refractivity contribution >= 4 is 23.9 Å². The first-order valence-electron chi connectivity index (χ1n) is 2.57. The Bertz CT molecular complexity index is 232. The van der Waals surface area contributed by atoms with Gasteiger partial charge in [-0.1, -0.05) is 11.6 Å². The number of hydrogen-bond donors (Lipinski definition) is 1. The number of carboxylic acids is 1. The Morgan fingerprint density at radius 2 is 2.00 bits per heavy atom.